The summed E-state index contributed by atoms with van der Waals surface area (Å²) in [6.45, 7) is 5.83. The van der Waals surface area contributed by atoms with E-state index in [4.69, 9.17) is 10.5 Å². The third-order valence-electron chi connectivity index (χ3n) is 5.64. The minimum atomic E-state index is 0.453. The molecule has 162 valence electrons. The van der Waals surface area contributed by atoms with Gasteiger partial charge in [-0.3, -0.25) is 9.89 Å². The number of hydrogen-bond acceptors (Lipinski definition) is 4. The van der Waals surface area contributed by atoms with Crippen LogP contribution in [0.4, 0.5) is 0 Å². The van der Waals surface area contributed by atoms with E-state index in [1.165, 1.54) is 11.1 Å². The predicted octanol–water partition coefficient (Wildman–Crippen LogP) is 2.52. The molecule has 1 aliphatic heterocycles. The molecular weight excluding hydrogens is 374 g/mol. The summed E-state index contributed by atoms with van der Waals surface area (Å²) >= 11 is 0. The first-order valence-electron chi connectivity index (χ1n) is 10.8. The number of benzene rings is 2. The zero-order valence-corrected chi connectivity index (χ0v) is 18.3. The van der Waals surface area contributed by atoms with Gasteiger partial charge in [-0.1, -0.05) is 42.5 Å². The lowest BCUT2D eigenvalue weighted by molar-refractivity contribution is 0.0894. The highest BCUT2D eigenvalue weighted by atomic mass is 16.5. The largest absolute Gasteiger partial charge is 0.497 e. The maximum atomic E-state index is 6.04. The number of hydrogen-bond donors (Lipinski definition) is 2. The van der Waals surface area contributed by atoms with Crippen LogP contribution in [0.25, 0.3) is 0 Å². The van der Waals surface area contributed by atoms with Crippen molar-refractivity contribution in [3.8, 4) is 5.75 Å². The van der Waals surface area contributed by atoms with Crippen LogP contribution in [0.15, 0.2) is 59.6 Å². The van der Waals surface area contributed by atoms with Crippen LogP contribution < -0.4 is 15.8 Å². The van der Waals surface area contributed by atoms with Crippen molar-refractivity contribution >= 4 is 5.96 Å². The summed E-state index contributed by atoms with van der Waals surface area (Å²) in [6.07, 6.45) is 1.91. The third kappa shape index (κ3) is 6.75. The standard InChI is InChI=1S/C24H35N5O/c1-28-17-18-29(23(19-28)21-7-4-3-5-8-21)16-6-14-26-24(25)27-15-13-20-9-11-22(30-2)12-10-20/h3-5,7-12,23H,6,13-19H2,1-2H3,(H3,25,26,27). The number of aliphatic imine (C=N–C) groups is 1. The highest BCUT2D eigenvalue weighted by Crippen LogP contribution is 2.24. The Labute approximate surface area is 180 Å². The van der Waals surface area contributed by atoms with Crippen molar-refractivity contribution < 1.29 is 4.74 Å². The van der Waals surface area contributed by atoms with E-state index in [1.807, 2.05) is 12.1 Å². The van der Waals surface area contributed by atoms with Crippen molar-refractivity contribution in [2.45, 2.75) is 18.9 Å². The summed E-state index contributed by atoms with van der Waals surface area (Å²) < 4.78 is 5.19. The number of likely N-dealkylation sites (N-methyl/N-ethyl adjacent to an activating group) is 1. The molecule has 2 aromatic rings. The molecule has 3 N–H and O–H groups in total. The molecule has 1 fully saturated rings. The van der Waals surface area contributed by atoms with Crippen LogP contribution >= 0.6 is 0 Å². The topological polar surface area (TPSA) is 66.1 Å². The molecule has 0 amide bonds. The summed E-state index contributed by atoms with van der Waals surface area (Å²) in [4.78, 5) is 9.50. The van der Waals surface area contributed by atoms with Crippen LogP contribution in [0, 0.1) is 0 Å². The van der Waals surface area contributed by atoms with E-state index in [1.54, 1.807) is 7.11 Å². The van der Waals surface area contributed by atoms with Crippen LogP contribution in [0.1, 0.15) is 23.6 Å². The molecule has 0 aromatic heterocycles. The van der Waals surface area contributed by atoms with Gasteiger partial charge in [0.15, 0.2) is 5.96 Å². The molecule has 0 radical (unpaired) electrons. The number of nitrogens with two attached hydrogens (primary N) is 1. The number of guanidine groups is 1. The molecule has 1 heterocycles. The Kier molecular flexibility index (Phi) is 8.53. The predicted molar refractivity (Wildman–Crippen MR) is 124 cm³/mol. The summed E-state index contributed by atoms with van der Waals surface area (Å²) in [5, 5.41) is 3.21. The minimum absolute atomic E-state index is 0.453. The number of ether oxygens (including phenoxy) is 1. The first kappa shape index (κ1) is 22.1. The molecular formula is C24H35N5O. The zero-order chi connectivity index (χ0) is 21.2. The van der Waals surface area contributed by atoms with Crippen molar-refractivity contribution in [3.63, 3.8) is 0 Å². The van der Waals surface area contributed by atoms with Gasteiger partial charge in [0.2, 0.25) is 0 Å². The van der Waals surface area contributed by atoms with E-state index in [0.29, 0.717) is 12.0 Å². The maximum absolute atomic E-state index is 6.04. The lowest BCUT2D eigenvalue weighted by Gasteiger charge is -2.40. The smallest absolute Gasteiger partial charge is 0.188 e. The third-order valence-corrected chi connectivity index (χ3v) is 5.64. The fraction of sp³-hybridized carbons (Fsp3) is 0.458. The molecule has 30 heavy (non-hydrogen) atoms. The molecule has 1 atom stereocenters. The van der Waals surface area contributed by atoms with Gasteiger partial charge in [0.25, 0.3) is 0 Å². The molecule has 0 aliphatic carbocycles. The first-order chi connectivity index (χ1) is 14.7. The van der Waals surface area contributed by atoms with E-state index in [0.717, 1.165) is 57.9 Å². The van der Waals surface area contributed by atoms with Crippen molar-refractivity contribution in [2.24, 2.45) is 10.7 Å². The van der Waals surface area contributed by atoms with Gasteiger partial charge < -0.3 is 20.7 Å². The molecule has 6 heteroatoms. The Morgan fingerprint density at radius 1 is 1.13 bits per heavy atom. The molecule has 1 unspecified atom stereocenters. The van der Waals surface area contributed by atoms with Crippen LogP contribution in [0.3, 0.4) is 0 Å². The van der Waals surface area contributed by atoms with E-state index in [-0.39, 0.29) is 0 Å². The Morgan fingerprint density at radius 3 is 2.63 bits per heavy atom. The van der Waals surface area contributed by atoms with Gasteiger partial charge in [-0.2, -0.15) is 0 Å². The van der Waals surface area contributed by atoms with Gasteiger partial charge in [0.1, 0.15) is 5.75 Å². The number of methoxy groups -OCH3 is 1. The van der Waals surface area contributed by atoms with Crippen LogP contribution in [-0.2, 0) is 6.42 Å². The summed E-state index contributed by atoms with van der Waals surface area (Å²) in [5.41, 5.74) is 8.68. The first-order valence-corrected chi connectivity index (χ1v) is 10.8. The Bertz CT molecular complexity index is 778. The fourth-order valence-corrected chi connectivity index (χ4v) is 3.87. The van der Waals surface area contributed by atoms with E-state index in [2.05, 4.69) is 69.6 Å². The molecule has 0 spiro atoms. The van der Waals surface area contributed by atoms with Gasteiger partial charge in [-0.05, 0) is 43.1 Å². The monoisotopic (exact) mass is 409 g/mol. The summed E-state index contributed by atoms with van der Waals surface area (Å²) in [6, 6.07) is 19.4. The van der Waals surface area contributed by atoms with Gasteiger partial charge in [0.05, 0.1) is 7.11 Å². The SMILES string of the molecule is COc1ccc(CCNC(N)=NCCCN2CCN(C)CC2c2ccccc2)cc1. The van der Waals surface area contributed by atoms with Crippen molar-refractivity contribution in [3.05, 3.63) is 65.7 Å². The van der Waals surface area contributed by atoms with Gasteiger partial charge in [0, 0.05) is 45.3 Å². The number of piperazine rings is 1. The second-order valence-corrected chi connectivity index (χ2v) is 7.87. The van der Waals surface area contributed by atoms with Crippen LogP contribution in [0.2, 0.25) is 0 Å². The Morgan fingerprint density at radius 2 is 1.90 bits per heavy atom. The molecule has 1 saturated heterocycles. The van der Waals surface area contributed by atoms with Gasteiger partial charge in [-0.15, -0.1) is 0 Å². The Hall–Kier alpha value is -2.57. The fourth-order valence-electron chi connectivity index (χ4n) is 3.87. The van der Waals surface area contributed by atoms with Crippen molar-refractivity contribution in [1.29, 1.82) is 0 Å². The minimum Gasteiger partial charge on any atom is -0.497 e. The summed E-state index contributed by atoms with van der Waals surface area (Å²) in [5.74, 6) is 1.41. The highest BCUT2D eigenvalue weighted by molar-refractivity contribution is 5.77. The van der Waals surface area contributed by atoms with Gasteiger partial charge in [-0.25, -0.2) is 0 Å². The number of nitrogens with zero attached hydrogens (tertiary/aromatic N) is 3. The zero-order valence-electron chi connectivity index (χ0n) is 18.3. The number of nitrogens with one attached hydrogen (secondary N) is 1. The second kappa shape index (κ2) is 11.6. The van der Waals surface area contributed by atoms with E-state index >= 15 is 0 Å². The van der Waals surface area contributed by atoms with Crippen LogP contribution in [-0.4, -0.2) is 69.2 Å². The molecule has 1 aliphatic rings. The maximum Gasteiger partial charge on any atom is 0.188 e. The van der Waals surface area contributed by atoms with Crippen molar-refractivity contribution in [1.82, 2.24) is 15.1 Å². The van der Waals surface area contributed by atoms with Gasteiger partial charge >= 0.3 is 0 Å². The second-order valence-electron chi connectivity index (χ2n) is 7.87. The quantitative estimate of drug-likeness (QED) is 0.378. The number of rotatable bonds is 9. The lowest BCUT2D eigenvalue weighted by atomic mass is 10.0. The average molecular weight is 410 g/mol. The summed E-state index contributed by atoms with van der Waals surface area (Å²) in [7, 11) is 3.88. The normalized spacial score (nSPS) is 18.3. The van der Waals surface area contributed by atoms with E-state index in [9.17, 15) is 0 Å². The van der Waals surface area contributed by atoms with Crippen LogP contribution in [0.5, 0.6) is 5.75 Å². The molecule has 2 aromatic carbocycles. The van der Waals surface area contributed by atoms with Crippen molar-refractivity contribution in [2.75, 3.05) is 53.4 Å². The molecule has 0 bridgehead atoms. The Balaban J connectivity index is 1.39. The van der Waals surface area contributed by atoms with E-state index < -0.39 is 0 Å². The molecule has 3 rings (SSSR count). The molecule has 0 saturated carbocycles. The average Bonchev–Trinajstić information content (AvgIpc) is 2.78. The molecule has 6 nitrogen and oxygen atoms in total. The highest BCUT2D eigenvalue weighted by Gasteiger charge is 2.25. The lowest BCUT2D eigenvalue weighted by Crippen LogP contribution is -2.47.